The van der Waals surface area contributed by atoms with Gasteiger partial charge in [-0.05, 0) is 63.4 Å². The summed E-state index contributed by atoms with van der Waals surface area (Å²) in [7, 11) is 0. The molecule has 1 aliphatic rings. The Kier molecular flexibility index (Phi) is 3.32. The smallest absolute Gasteiger partial charge is 0.231 e. The van der Waals surface area contributed by atoms with Crippen molar-refractivity contribution in [1.82, 2.24) is 10.3 Å². The molecule has 0 bridgehead atoms. The SMILES string of the molecule is Cc1noc(C)c1-c1cc2c(c(-c3c(C)noc3C)c1)C(C)C(=O)N2. The van der Waals surface area contributed by atoms with Gasteiger partial charge in [0.1, 0.15) is 11.5 Å². The van der Waals surface area contributed by atoms with Crippen LogP contribution in [0.4, 0.5) is 5.69 Å². The van der Waals surface area contributed by atoms with E-state index < -0.39 is 0 Å². The van der Waals surface area contributed by atoms with E-state index in [-0.39, 0.29) is 11.8 Å². The number of nitrogens with one attached hydrogen (secondary N) is 1. The van der Waals surface area contributed by atoms with Gasteiger partial charge in [0.25, 0.3) is 0 Å². The molecule has 1 N–H and O–H groups in total. The van der Waals surface area contributed by atoms with Crippen molar-refractivity contribution in [2.45, 2.75) is 40.5 Å². The van der Waals surface area contributed by atoms with Crippen molar-refractivity contribution in [1.29, 1.82) is 0 Å². The molecular weight excluding hydrogens is 318 g/mol. The fourth-order valence-electron chi connectivity index (χ4n) is 3.71. The summed E-state index contributed by atoms with van der Waals surface area (Å²) in [4.78, 5) is 12.3. The van der Waals surface area contributed by atoms with Crippen LogP contribution >= 0.6 is 0 Å². The fraction of sp³-hybridized carbons (Fsp3) is 0.316. The average molecular weight is 337 g/mol. The monoisotopic (exact) mass is 337 g/mol. The third-order valence-corrected chi connectivity index (χ3v) is 4.89. The molecule has 2 aromatic heterocycles. The fourth-order valence-corrected chi connectivity index (χ4v) is 3.71. The molecule has 6 heteroatoms. The van der Waals surface area contributed by atoms with Gasteiger partial charge in [0.2, 0.25) is 5.91 Å². The van der Waals surface area contributed by atoms with Gasteiger partial charge in [-0.3, -0.25) is 4.79 Å². The van der Waals surface area contributed by atoms with Crippen molar-refractivity contribution in [3.05, 3.63) is 40.6 Å². The molecule has 0 aliphatic carbocycles. The van der Waals surface area contributed by atoms with Crippen molar-refractivity contribution in [2.75, 3.05) is 5.32 Å². The molecule has 0 fully saturated rings. The number of hydrogen-bond donors (Lipinski definition) is 1. The van der Waals surface area contributed by atoms with Crippen LogP contribution < -0.4 is 5.32 Å². The van der Waals surface area contributed by atoms with E-state index in [1.807, 2.05) is 40.7 Å². The minimum atomic E-state index is -0.225. The Balaban J connectivity index is 2.05. The number of aryl methyl sites for hydroxylation is 4. The third-order valence-electron chi connectivity index (χ3n) is 4.89. The molecule has 128 valence electrons. The zero-order chi connectivity index (χ0) is 17.9. The number of hydrogen-bond acceptors (Lipinski definition) is 5. The van der Waals surface area contributed by atoms with Crippen LogP contribution in [-0.4, -0.2) is 16.2 Å². The maximum Gasteiger partial charge on any atom is 0.231 e. The van der Waals surface area contributed by atoms with Crippen LogP contribution in [0.1, 0.15) is 41.3 Å². The summed E-state index contributed by atoms with van der Waals surface area (Å²) in [5.41, 5.74) is 7.24. The van der Waals surface area contributed by atoms with Gasteiger partial charge in [-0.15, -0.1) is 0 Å². The maximum absolute atomic E-state index is 12.3. The molecule has 0 saturated heterocycles. The van der Waals surface area contributed by atoms with E-state index >= 15 is 0 Å². The first kappa shape index (κ1) is 15.6. The molecule has 6 nitrogen and oxygen atoms in total. The van der Waals surface area contributed by atoms with Gasteiger partial charge in [-0.1, -0.05) is 10.3 Å². The highest BCUT2D eigenvalue weighted by atomic mass is 16.5. The molecule has 1 aliphatic heterocycles. The largest absolute Gasteiger partial charge is 0.361 e. The lowest BCUT2D eigenvalue weighted by molar-refractivity contribution is -0.116. The predicted molar refractivity (Wildman–Crippen MR) is 93.4 cm³/mol. The number of benzene rings is 1. The Hall–Kier alpha value is -2.89. The molecule has 1 unspecified atom stereocenters. The molecule has 25 heavy (non-hydrogen) atoms. The van der Waals surface area contributed by atoms with Gasteiger partial charge in [0.15, 0.2) is 0 Å². The third kappa shape index (κ3) is 2.21. The van der Waals surface area contributed by atoms with Gasteiger partial charge in [-0.2, -0.15) is 0 Å². The number of rotatable bonds is 2. The molecule has 0 saturated carbocycles. The number of aromatic nitrogens is 2. The second kappa shape index (κ2) is 5.31. The molecule has 4 rings (SSSR count). The Morgan fingerprint density at radius 2 is 1.56 bits per heavy atom. The van der Waals surface area contributed by atoms with Gasteiger partial charge >= 0.3 is 0 Å². The summed E-state index contributed by atoms with van der Waals surface area (Å²) in [5.74, 6) is 1.26. The molecule has 3 heterocycles. The van der Waals surface area contributed by atoms with E-state index in [1.165, 1.54) is 0 Å². The highest BCUT2D eigenvalue weighted by Crippen LogP contribution is 2.45. The van der Waals surface area contributed by atoms with Crippen LogP contribution in [0.5, 0.6) is 0 Å². The first-order valence-corrected chi connectivity index (χ1v) is 8.23. The molecule has 0 spiro atoms. The molecule has 1 amide bonds. The highest BCUT2D eigenvalue weighted by molar-refractivity contribution is 6.06. The van der Waals surface area contributed by atoms with Crippen LogP contribution in [0.2, 0.25) is 0 Å². The second-order valence-electron chi connectivity index (χ2n) is 6.59. The molecule has 1 aromatic carbocycles. The second-order valence-corrected chi connectivity index (χ2v) is 6.59. The Bertz CT molecular complexity index is 974. The van der Waals surface area contributed by atoms with Crippen LogP contribution in [0.3, 0.4) is 0 Å². The normalized spacial score (nSPS) is 16.2. The predicted octanol–water partition coefficient (Wildman–Crippen LogP) is 4.29. The van der Waals surface area contributed by atoms with Crippen LogP contribution in [-0.2, 0) is 4.79 Å². The summed E-state index contributed by atoms with van der Waals surface area (Å²) < 4.78 is 10.7. The number of carbonyl (C=O) groups excluding carboxylic acids is 1. The summed E-state index contributed by atoms with van der Waals surface area (Å²) in [5, 5.41) is 11.1. The van der Waals surface area contributed by atoms with Gasteiger partial charge in [-0.25, -0.2) is 0 Å². The number of nitrogens with zero attached hydrogens (tertiary/aromatic N) is 2. The first-order chi connectivity index (χ1) is 11.9. The van der Waals surface area contributed by atoms with Gasteiger partial charge < -0.3 is 14.4 Å². The highest BCUT2D eigenvalue weighted by Gasteiger charge is 2.32. The Labute approximate surface area is 145 Å². The van der Waals surface area contributed by atoms with Crippen molar-refractivity contribution >= 4 is 11.6 Å². The van der Waals surface area contributed by atoms with Crippen LogP contribution in [0.15, 0.2) is 21.2 Å². The van der Waals surface area contributed by atoms with Crippen LogP contribution in [0.25, 0.3) is 22.3 Å². The molecule has 3 aromatic rings. The van der Waals surface area contributed by atoms with E-state index in [1.54, 1.807) is 0 Å². The molecular formula is C19H19N3O3. The topological polar surface area (TPSA) is 81.2 Å². The average Bonchev–Trinajstić information content (AvgIpc) is 3.16. The van der Waals surface area contributed by atoms with E-state index in [4.69, 9.17) is 9.05 Å². The zero-order valence-corrected chi connectivity index (χ0v) is 14.9. The van der Waals surface area contributed by atoms with Crippen molar-refractivity contribution in [3.63, 3.8) is 0 Å². The Morgan fingerprint density at radius 1 is 0.960 bits per heavy atom. The van der Waals surface area contributed by atoms with E-state index in [2.05, 4.69) is 21.7 Å². The standard InChI is InChI=1S/C19H19N3O3/c1-8-16-14(18-10(3)22-25-12(18)5)6-13(7-15(16)20-19(8)23)17-9(2)21-24-11(17)4/h6-8H,1-5H3,(H,20,23). The summed E-state index contributed by atoms with van der Waals surface area (Å²) in [6.07, 6.45) is 0. The van der Waals surface area contributed by atoms with Crippen molar-refractivity contribution in [2.24, 2.45) is 0 Å². The zero-order valence-electron chi connectivity index (χ0n) is 14.9. The van der Waals surface area contributed by atoms with Gasteiger partial charge in [0.05, 0.1) is 17.3 Å². The van der Waals surface area contributed by atoms with Crippen molar-refractivity contribution in [3.8, 4) is 22.3 Å². The molecule has 0 radical (unpaired) electrons. The quantitative estimate of drug-likeness (QED) is 0.754. The summed E-state index contributed by atoms with van der Waals surface area (Å²) >= 11 is 0. The lowest BCUT2D eigenvalue weighted by atomic mass is 9.88. The first-order valence-electron chi connectivity index (χ1n) is 8.23. The number of amides is 1. The summed E-state index contributed by atoms with van der Waals surface area (Å²) in [6, 6.07) is 4.07. The lowest BCUT2D eigenvalue weighted by Crippen LogP contribution is -2.08. The van der Waals surface area contributed by atoms with Gasteiger partial charge in [0, 0.05) is 16.8 Å². The lowest BCUT2D eigenvalue weighted by Gasteiger charge is -2.13. The number of carbonyl (C=O) groups is 1. The Morgan fingerprint density at radius 3 is 2.12 bits per heavy atom. The number of fused-ring (bicyclic) bond motifs is 1. The minimum Gasteiger partial charge on any atom is -0.361 e. The van der Waals surface area contributed by atoms with E-state index in [0.717, 1.165) is 56.4 Å². The van der Waals surface area contributed by atoms with E-state index in [0.29, 0.717) is 0 Å². The summed E-state index contributed by atoms with van der Waals surface area (Å²) in [6.45, 7) is 9.52. The number of anilines is 1. The molecule has 1 atom stereocenters. The van der Waals surface area contributed by atoms with Crippen molar-refractivity contribution < 1.29 is 13.8 Å². The van der Waals surface area contributed by atoms with Crippen LogP contribution in [0, 0.1) is 27.7 Å². The minimum absolute atomic E-state index is 0.000997. The maximum atomic E-state index is 12.3. The van der Waals surface area contributed by atoms with E-state index in [9.17, 15) is 4.79 Å².